The van der Waals surface area contributed by atoms with Crippen LogP contribution < -0.4 is 26.6 Å². The van der Waals surface area contributed by atoms with E-state index in [0.717, 1.165) is 4.90 Å². The number of carbonyl (C=O) groups is 10. The summed E-state index contributed by atoms with van der Waals surface area (Å²) in [5.74, 6) is -7.63. The smallest absolute Gasteiger partial charge is 0.333 e. The molecule has 0 saturated carbocycles. The highest BCUT2D eigenvalue weighted by Gasteiger charge is 2.55. The number of imide groups is 1. The maximum atomic E-state index is 14.5. The standard InChI is InChI=1S/C85H145N9O51/c95-33-41-57(110)64(117)70(123)79(137-41)132-26-21-92(22-27-133-80-71(124)65(118)58(111)42(34-96)138-80)52(105)10-4-1-7-17-86-48(101)14-13-40(78(130)89-19-9-2-5-11-53(106)93(23-28-134-81-72(125)66(119)59(112)43(35-97)139-81)24-29-135-82-73(126)67(120)60(113)44(36-98)140-82)90-51(104)32-91(30-49(102)87-18-8-3-6-12-56(109)145-94-54(107)15-16-55(94)108)31-50(103)88-20-25-131-84-76(129)77(144-85-75(128)69(122)62(115)46(38-100)142-85)63(116)47(143-84)39-136-83-74(127)68(121)61(114)45(37-99)141-83/h40-47,57-77,79-85,95-100,110-129H,1-39H2,(H,86,101)(H,87,102)(H,88,103)(H,89,130)(H,90,104)/t40-,41+,42+,43+,44+,45+,46+,47+,57+,58+,59+,60+,61+,62+,63+,64-,65-,66-,67-,68-,69-,70-,71-,72-,73-,74-,75-,76-,77-,79-,80-,81-,82-,83-,84-,85+/m0/s1. The molecule has 9 amide bonds. The molecule has 8 rings (SSSR count). The lowest BCUT2D eigenvalue weighted by Gasteiger charge is -2.46. The molecule has 0 unspecified atom stereocenters. The second-order valence-electron chi connectivity index (χ2n) is 35.9. The van der Waals surface area contributed by atoms with Gasteiger partial charge in [-0.3, -0.25) is 48.1 Å². The normalized spacial score (nSPS) is 34.8. The van der Waals surface area contributed by atoms with E-state index in [-0.39, 0.29) is 149 Å². The van der Waals surface area contributed by atoms with Crippen LogP contribution in [0.2, 0.25) is 0 Å². The van der Waals surface area contributed by atoms with Crippen molar-refractivity contribution in [1.29, 1.82) is 0 Å². The fraction of sp³-hybridized carbons (Fsp3) is 0.882. The Morgan fingerprint density at radius 2 is 0.628 bits per heavy atom. The molecule has 0 radical (unpaired) electrons. The predicted molar refractivity (Wildman–Crippen MR) is 469 cm³/mol. The van der Waals surface area contributed by atoms with Gasteiger partial charge in [0.2, 0.25) is 41.4 Å². The van der Waals surface area contributed by atoms with Crippen LogP contribution >= 0.6 is 0 Å². The number of ether oxygens (including phenoxy) is 14. The Morgan fingerprint density at radius 1 is 0.317 bits per heavy atom. The summed E-state index contributed by atoms with van der Waals surface area (Å²) < 4.78 is 78.0. The Morgan fingerprint density at radius 3 is 1.01 bits per heavy atom. The molecule has 0 bridgehead atoms. The summed E-state index contributed by atoms with van der Waals surface area (Å²) in [4.78, 5) is 143. The van der Waals surface area contributed by atoms with Crippen molar-refractivity contribution in [2.75, 3.05) is 151 Å². The summed E-state index contributed by atoms with van der Waals surface area (Å²) in [6.07, 6.45) is -61.3. The number of nitrogens with one attached hydrogen (secondary N) is 5. The molecule has 60 nitrogen and oxygen atoms in total. The van der Waals surface area contributed by atoms with Gasteiger partial charge in [-0.15, -0.1) is 5.06 Å². The highest BCUT2D eigenvalue weighted by Crippen LogP contribution is 2.34. The van der Waals surface area contributed by atoms with Gasteiger partial charge >= 0.3 is 5.97 Å². The van der Waals surface area contributed by atoms with Gasteiger partial charge in [-0.2, -0.15) is 0 Å². The predicted octanol–water partition coefficient (Wildman–Crippen LogP) is -19.3. The van der Waals surface area contributed by atoms with Crippen molar-refractivity contribution in [2.45, 2.75) is 324 Å². The summed E-state index contributed by atoms with van der Waals surface area (Å²) in [7, 11) is 0. The first-order valence-corrected chi connectivity index (χ1v) is 48.0. The number of unbranched alkanes of at least 4 members (excludes halogenated alkanes) is 6. The molecule has 36 atom stereocenters. The Kier molecular flexibility index (Phi) is 53.0. The Bertz CT molecular complexity index is 3800. The van der Waals surface area contributed by atoms with Crippen LogP contribution in [0.15, 0.2) is 0 Å². The number of rotatable bonds is 61. The fourth-order valence-electron chi connectivity index (χ4n) is 16.5. The minimum Gasteiger partial charge on any atom is -0.394 e. The van der Waals surface area contributed by atoms with Gasteiger partial charge in [-0.05, 0) is 44.9 Å². The van der Waals surface area contributed by atoms with Crippen molar-refractivity contribution in [3.63, 3.8) is 0 Å². The molecule has 8 saturated heterocycles. The van der Waals surface area contributed by atoms with E-state index < -0.39 is 385 Å². The molecule has 0 aromatic rings. The second-order valence-corrected chi connectivity index (χ2v) is 35.9. The Balaban J connectivity index is 0.937. The molecule has 145 heavy (non-hydrogen) atoms. The third-order valence-electron chi connectivity index (χ3n) is 25.2. The molecule has 0 aromatic heterocycles. The molecule has 0 spiro atoms. The summed E-state index contributed by atoms with van der Waals surface area (Å²) in [6, 6.07) is -1.59. The van der Waals surface area contributed by atoms with Gasteiger partial charge in [0.25, 0.3) is 11.8 Å². The van der Waals surface area contributed by atoms with Crippen molar-refractivity contribution >= 4 is 59.1 Å². The number of carbonyl (C=O) groups excluding carboxylic acids is 10. The van der Waals surface area contributed by atoms with Crippen molar-refractivity contribution in [2.24, 2.45) is 0 Å². The maximum absolute atomic E-state index is 14.5. The van der Waals surface area contributed by atoms with Crippen molar-refractivity contribution in [3.05, 3.63) is 0 Å². The molecular weight excluding hydrogens is 1960 g/mol. The van der Waals surface area contributed by atoms with Gasteiger partial charge in [-0.25, -0.2) is 4.79 Å². The third-order valence-corrected chi connectivity index (χ3v) is 25.2. The molecule has 31 N–H and O–H groups in total. The van der Waals surface area contributed by atoms with Gasteiger partial charge in [0.05, 0.1) is 98.9 Å². The largest absolute Gasteiger partial charge is 0.394 e. The van der Waals surface area contributed by atoms with E-state index in [2.05, 4.69) is 26.6 Å². The number of hydroxylamine groups is 2. The van der Waals surface area contributed by atoms with E-state index >= 15 is 0 Å². The monoisotopic (exact) mass is 2110 g/mol. The topological polar surface area (TPSA) is 908 Å². The molecule has 8 aliphatic heterocycles. The lowest BCUT2D eigenvalue weighted by atomic mass is 9.96. The summed E-state index contributed by atoms with van der Waals surface area (Å²) in [5, 5.41) is 283. The summed E-state index contributed by atoms with van der Waals surface area (Å²) in [6.45, 7) is -12.1. The van der Waals surface area contributed by atoms with Crippen LogP contribution in [-0.2, 0) is 119 Å². The molecule has 8 heterocycles. The molecule has 0 aromatic carbocycles. The van der Waals surface area contributed by atoms with Crippen LogP contribution in [-0.4, -0.2) is 584 Å². The van der Waals surface area contributed by atoms with E-state index in [1.807, 2.05) is 0 Å². The van der Waals surface area contributed by atoms with Crippen LogP contribution in [0.5, 0.6) is 0 Å². The van der Waals surface area contributed by atoms with Crippen LogP contribution in [0.4, 0.5) is 0 Å². The lowest BCUT2D eigenvalue weighted by molar-refractivity contribution is -0.366. The van der Waals surface area contributed by atoms with Gasteiger partial charge in [0.1, 0.15) is 177 Å². The fourth-order valence-corrected chi connectivity index (χ4v) is 16.5. The zero-order chi connectivity index (χ0) is 107. The quantitative estimate of drug-likeness (QED) is 0.0199. The first-order valence-electron chi connectivity index (χ1n) is 48.0. The summed E-state index contributed by atoms with van der Waals surface area (Å²) >= 11 is 0. The highest BCUT2D eigenvalue weighted by molar-refractivity contribution is 6.01. The maximum Gasteiger partial charge on any atom is 0.333 e. The zero-order valence-corrected chi connectivity index (χ0v) is 79.5. The lowest BCUT2D eigenvalue weighted by Crippen LogP contribution is -2.65. The number of hydrogen-bond acceptors (Lipinski definition) is 52. The van der Waals surface area contributed by atoms with Crippen molar-refractivity contribution < 1.29 is 252 Å². The first kappa shape index (κ1) is 123. The van der Waals surface area contributed by atoms with Gasteiger partial charge in [0.15, 0.2) is 44.0 Å². The molecule has 836 valence electrons. The Hall–Kier alpha value is -6.74. The van der Waals surface area contributed by atoms with E-state index in [9.17, 15) is 181 Å². The van der Waals surface area contributed by atoms with Crippen molar-refractivity contribution in [1.82, 2.24) is 46.3 Å². The average Bonchev–Trinajstić information content (AvgIpc) is 1.21. The number of aliphatic hydroxyl groups excluding tert-OH is 26. The number of amides is 9. The Labute approximate surface area is 829 Å². The average molecular weight is 2110 g/mol. The van der Waals surface area contributed by atoms with Crippen LogP contribution in [0.25, 0.3) is 0 Å². The van der Waals surface area contributed by atoms with Gasteiger partial charge in [0, 0.05) is 90.9 Å². The minimum atomic E-state index is -2.10. The number of hydrogen-bond donors (Lipinski definition) is 31. The molecular formula is C85H145N9O51. The SMILES string of the molecule is O=C(CC[C@H](NC(=O)CN(CC(=O)NCCCCCC(=O)ON1C(=O)CCC1=O)CC(=O)NCCO[C@H]1O[C@H](CO[C@H]2O[C@H](CO)[C@@H](O)[C@H](O)[C@@H]2O)[C@@H](O)[C@H](O[C@H]2O[C@H](CO)[C@@H](O)[C@H](O)[C@@H]2O)[C@@H]1O)C(=O)NCCCCCC(=O)N(CCO[C@H]1O[C@H](CO)[C@@H](O)[C@H](O)[C@@H]1O)CCO[C@H]1O[C@H](CO)[C@@H](O)[C@H](O)[C@@H]1O)NCCCCCC(=O)N(CCO[C@H]1O[C@H](CO)[C@@H](O)[C@H](O)[C@@H]1O)CCO[C@H]1O[C@H](CO)[C@@H](O)[C@H](O)[C@@H]1O. The van der Waals surface area contributed by atoms with E-state index in [4.69, 9.17) is 71.2 Å². The van der Waals surface area contributed by atoms with E-state index in [1.54, 1.807) is 0 Å². The van der Waals surface area contributed by atoms with Crippen LogP contribution in [0.1, 0.15) is 103 Å². The van der Waals surface area contributed by atoms with Gasteiger partial charge in [-0.1, -0.05) is 19.3 Å². The highest BCUT2D eigenvalue weighted by atomic mass is 16.8. The van der Waals surface area contributed by atoms with E-state index in [1.165, 1.54) is 9.80 Å². The first-order chi connectivity index (χ1) is 69.1. The second kappa shape index (κ2) is 62.3. The molecule has 60 heteroatoms. The number of aliphatic hydroxyl groups is 26. The van der Waals surface area contributed by atoms with Crippen LogP contribution in [0.3, 0.4) is 0 Å². The molecule has 8 fully saturated rings. The minimum absolute atomic E-state index is 0.0194. The molecule has 8 aliphatic rings. The van der Waals surface area contributed by atoms with E-state index in [0.29, 0.717) is 5.06 Å². The number of nitrogens with zero attached hydrogens (tertiary/aromatic N) is 4. The van der Waals surface area contributed by atoms with Gasteiger partial charge < -0.3 is 240 Å². The summed E-state index contributed by atoms with van der Waals surface area (Å²) in [5.41, 5.74) is 0. The third kappa shape index (κ3) is 36.5. The zero-order valence-electron chi connectivity index (χ0n) is 79.5. The van der Waals surface area contributed by atoms with Crippen LogP contribution in [0, 0.1) is 0 Å². The molecule has 0 aliphatic carbocycles. The van der Waals surface area contributed by atoms with Crippen molar-refractivity contribution in [3.8, 4) is 0 Å².